The van der Waals surface area contributed by atoms with E-state index in [0.29, 0.717) is 17.9 Å². The van der Waals surface area contributed by atoms with Crippen LogP contribution in [0.2, 0.25) is 0 Å². The molecule has 3 atom stereocenters. The summed E-state index contributed by atoms with van der Waals surface area (Å²) < 4.78 is 26.5. The summed E-state index contributed by atoms with van der Waals surface area (Å²) in [7, 11) is 3.22. The number of benzene rings is 3. The molecule has 1 amide bonds. The highest BCUT2D eigenvalue weighted by atomic mass is 16.6. The maximum absolute atomic E-state index is 13.1. The number of aromatic nitrogens is 4. The number of anilines is 1. The van der Waals surface area contributed by atoms with E-state index in [4.69, 9.17) is 24.5 Å². The fourth-order valence-electron chi connectivity index (χ4n) is 6.00. The van der Waals surface area contributed by atoms with E-state index in [1.165, 1.54) is 6.33 Å². The molecule has 252 valence electrons. The zero-order chi connectivity index (χ0) is 34.5. The van der Waals surface area contributed by atoms with Crippen LogP contribution < -0.4 is 20.3 Å². The van der Waals surface area contributed by atoms with E-state index in [2.05, 4.69) is 30.3 Å². The monoisotopic (exact) mass is 664 g/mol. The fraction of sp³-hybridized carbons (Fsp3) is 0.314. The van der Waals surface area contributed by atoms with Gasteiger partial charge in [-0.25, -0.2) is 4.98 Å². The molecule has 49 heavy (non-hydrogen) atoms. The molecular weight excluding hydrogens is 628 g/mol. The number of H-pyrrole nitrogens is 1. The molecule has 5 aromatic rings. The van der Waals surface area contributed by atoms with Gasteiger partial charge in [-0.1, -0.05) is 73.6 Å². The average molecular weight is 665 g/mol. The number of rotatable bonds is 12. The first-order valence-electron chi connectivity index (χ1n) is 15.7. The first kappa shape index (κ1) is 33.2. The third-order valence-corrected chi connectivity index (χ3v) is 8.47. The van der Waals surface area contributed by atoms with E-state index in [9.17, 15) is 9.59 Å². The van der Waals surface area contributed by atoms with Crippen molar-refractivity contribution in [2.45, 2.75) is 44.3 Å². The first-order chi connectivity index (χ1) is 23.8. The van der Waals surface area contributed by atoms with Gasteiger partial charge >= 0.3 is 0 Å². The van der Waals surface area contributed by atoms with Crippen molar-refractivity contribution in [3.05, 3.63) is 123 Å². The van der Waals surface area contributed by atoms with Crippen molar-refractivity contribution in [2.24, 2.45) is 11.0 Å². The summed E-state index contributed by atoms with van der Waals surface area (Å²) in [6, 6.07) is 25.1. The molecule has 2 aromatic heterocycles. The number of nitrogens with one attached hydrogen (secondary N) is 2. The van der Waals surface area contributed by atoms with E-state index in [1.807, 2.05) is 78.9 Å². The minimum atomic E-state index is -1.20. The van der Waals surface area contributed by atoms with Gasteiger partial charge in [-0.15, -0.1) is 0 Å². The lowest BCUT2D eigenvalue weighted by Crippen LogP contribution is -2.39. The van der Waals surface area contributed by atoms with Crippen molar-refractivity contribution in [3.8, 4) is 11.5 Å². The SMILES string of the molecule is COc1ccc(C(O[C@@H]2C[C@@H](CN=[N+]=[N-])O[C@H]2n2cnc3c(=O)[nH]c(NC(=O)C(C)C)nc32)(c2ccccc2)c2ccc(OC)cc2)cc1. The quantitative estimate of drug-likeness (QED) is 0.0737. The number of carbonyl (C=O) groups is 1. The van der Waals surface area contributed by atoms with Crippen molar-refractivity contribution < 1.29 is 23.7 Å². The number of imidazole rings is 1. The molecule has 6 rings (SSSR count). The zero-order valence-electron chi connectivity index (χ0n) is 27.4. The molecular formula is C35H36N8O6. The number of nitrogens with zero attached hydrogens (tertiary/aromatic N) is 6. The first-order valence-corrected chi connectivity index (χ1v) is 15.7. The zero-order valence-corrected chi connectivity index (χ0v) is 27.4. The summed E-state index contributed by atoms with van der Waals surface area (Å²) in [4.78, 5) is 40.0. The van der Waals surface area contributed by atoms with Gasteiger partial charge in [0.25, 0.3) is 5.56 Å². The number of hydrogen-bond donors (Lipinski definition) is 2. The van der Waals surface area contributed by atoms with Crippen molar-refractivity contribution in [1.29, 1.82) is 0 Å². The van der Waals surface area contributed by atoms with E-state index in [1.54, 1.807) is 32.6 Å². The van der Waals surface area contributed by atoms with Crippen LogP contribution in [0.1, 0.15) is 43.2 Å². The van der Waals surface area contributed by atoms with E-state index < -0.39 is 29.6 Å². The van der Waals surface area contributed by atoms with Gasteiger partial charge in [-0.3, -0.25) is 24.5 Å². The number of methoxy groups -OCH3 is 2. The Hall–Kier alpha value is -5.69. The molecule has 14 heteroatoms. The average Bonchev–Trinajstić information content (AvgIpc) is 3.74. The van der Waals surface area contributed by atoms with E-state index >= 15 is 0 Å². The Morgan fingerprint density at radius 1 is 1.04 bits per heavy atom. The van der Waals surface area contributed by atoms with Crippen molar-refractivity contribution in [1.82, 2.24) is 19.5 Å². The van der Waals surface area contributed by atoms with Crippen molar-refractivity contribution in [3.63, 3.8) is 0 Å². The lowest BCUT2D eigenvalue weighted by Gasteiger charge is -2.39. The minimum Gasteiger partial charge on any atom is -0.497 e. The molecule has 1 aliphatic rings. The standard InChI is InChI=1S/C35H36N8O6/c1-21(2)31(44)40-34-39-30-29(32(45)41-34)37-20-43(30)33-28(18-27(48-33)19-38-42-36)49-35(22-8-6-5-7-9-22,23-10-14-25(46-3)15-11-23)24-12-16-26(47-4)17-13-24/h5-17,20-21,27-28,33H,18-19H2,1-4H3,(H2,39,40,41,44,45)/t27-,28+,33+/m0/s1. The van der Waals surface area contributed by atoms with Gasteiger partial charge in [-0.2, -0.15) is 4.98 Å². The topological polar surface area (TPSA) is 178 Å². The van der Waals surface area contributed by atoms with Crippen LogP contribution >= 0.6 is 0 Å². The number of hydrogen-bond acceptors (Lipinski definition) is 9. The molecule has 0 radical (unpaired) electrons. The van der Waals surface area contributed by atoms with Crippen LogP contribution in [0.25, 0.3) is 21.6 Å². The second kappa shape index (κ2) is 14.2. The highest BCUT2D eigenvalue weighted by molar-refractivity contribution is 5.91. The Morgan fingerprint density at radius 2 is 1.65 bits per heavy atom. The van der Waals surface area contributed by atoms with Gasteiger partial charge < -0.3 is 18.9 Å². The van der Waals surface area contributed by atoms with Crippen LogP contribution in [0.4, 0.5) is 5.95 Å². The van der Waals surface area contributed by atoms with Crippen LogP contribution in [0.5, 0.6) is 11.5 Å². The Bertz CT molecular complexity index is 1970. The van der Waals surface area contributed by atoms with Gasteiger partial charge in [0.15, 0.2) is 17.4 Å². The van der Waals surface area contributed by atoms with Crippen LogP contribution in [-0.4, -0.2) is 58.4 Å². The molecule has 0 bridgehead atoms. The van der Waals surface area contributed by atoms with Crippen molar-refractivity contribution in [2.75, 3.05) is 26.1 Å². The van der Waals surface area contributed by atoms with Crippen LogP contribution in [0.15, 0.2) is 95.1 Å². The number of amides is 1. The fourth-order valence-corrected chi connectivity index (χ4v) is 6.00. The molecule has 3 aromatic carbocycles. The molecule has 0 aliphatic carbocycles. The smallest absolute Gasteiger partial charge is 0.280 e. The van der Waals surface area contributed by atoms with Gasteiger partial charge in [0.2, 0.25) is 11.9 Å². The Morgan fingerprint density at radius 3 is 2.22 bits per heavy atom. The summed E-state index contributed by atoms with van der Waals surface area (Å²) in [6.07, 6.45) is -0.319. The second-order valence-electron chi connectivity index (χ2n) is 11.8. The molecule has 0 saturated carbocycles. The normalized spacial score (nSPS) is 17.5. The summed E-state index contributed by atoms with van der Waals surface area (Å²) in [5.41, 5.74) is 10.1. The van der Waals surface area contributed by atoms with E-state index in [-0.39, 0.29) is 35.5 Å². The third kappa shape index (κ3) is 6.57. The lowest BCUT2D eigenvalue weighted by molar-refractivity contribution is -0.118. The third-order valence-electron chi connectivity index (χ3n) is 8.47. The Balaban J connectivity index is 1.53. The number of azide groups is 1. The van der Waals surface area contributed by atoms with Crippen LogP contribution in [0.3, 0.4) is 0 Å². The summed E-state index contributed by atoms with van der Waals surface area (Å²) in [5, 5.41) is 6.44. The maximum Gasteiger partial charge on any atom is 0.280 e. The van der Waals surface area contributed by atoms with Crippen LogP contribution in [-0.2, 0) is 19.9 Å². The highest BCUT2D eigenvalue weighted by Gasteiger charge is 2.46. The molecule has 0 spiro atoms. The molecule has 0 unspecified atom stereocenters. The molecule has 2 N–H and O–H groups in total. The van der Waals surface area contributed by atoms with Crippen molar-refractivity contribution >= 4 is 23.0 Å². The summed E-state index contributed by atoms with van der Waals surface area (Å²) in [5.74, 6) is 0.685. The molecule has 1 saturated heterocycles. The van der Waals surface area contributed by atoms with Gasteiger partial charge in [-0.05, 0) is 46.5 Å². The molecule has 1 aliphatic heterocycles. The van der Waals surface area contributed by atoms with Crippen LogP contribution in [0, 0.1) is 5.92 Å². The predicted molar refractivity (Wildman–Crippen MR) is 181 cm³/mol. The lowest BCUT2D eigenvalue weighted by atomic mass is 9.79. The Labute approximate surface area is 281 Å². The van der Waals surface area contributed by atoms with E-state index in [0.717, 1.165) is 16.7 Å². The van der Waals surface area contributed by atoms with Gasteiger partial charge in [0.1, 0.15) is 23.2 Å². The number of aromatic amines is 1. The minimum absolute atomic E-state index is 0.0193. The summed E-state index contributed by atoms with van der Waals surface area (Å²) in [6.45, 7) is 3.52. The number of fused-ring (bicyclic) bond motifs is 1. The molecule has 14 nitrogen and oxygen atoms in total. The number of ether oxygens (including phenoxy) is 4. The predicted octanol–water partition coefficient (Wildman–Crippen LogP) is 5.71. The van der Waals surface area contributed by atoms with Gasteiger partial charge in [0, 0.05) is 17.3 Å². The molecule has 1 fully saturated rings. The largest absolute Gasteiger partial charge is 0.497 e. The maximum atomic E-state index is 13.1. The molecule has 3 heterocycles. The number of carbonyl (C=O) groups excluding carboxylic acids is 1. The van der Waals surface area contributed by atoms with Gasteiger partial charge in [0.05, 0.1) is 33.2 Å². The second-order valence-corrected chi connectivity index (χ2v) is 11.8. The Kier molecular flexibility index (Phi) is 9.63. The highest BCUT2D eigenvalue weighted by Crippen LogP contribution is 2.46. The summed E-state index contributed by atoms with van der Waals surface area (Å²) >= 11 is 0.